The minimum absolute atomic E-state index is 0.0457. The first kappa shape index (κ1) is 21.7. The molecule has 158 valence electrons. The van der Waals surface area contributed by atoms with Crippen LogP contribution in [0.15, 0.2) is 54.6 Å². The lowest BCUT2D eigenvalue weighted by molar-refractivity contribution is -0.152. The van der Waals surface area contributed by atoms with E-state index in [1.807, 2.05) is 49.4 Å². The van der Waals surface area contributed by atoms with Gasteiger partial charge in [-0.15, -0.1) is 0 Å². The molecule has 1 atom stereocenters. The van der Waals surface area contributed by atoms with E-state index in [1.54, 1.807) is 12.1 Å². The van der Waals surface area contributed by atoms with Crippen molar-refractivity contribution < 1.29 is 23.9 Å². The second kappa shape index (κ2) is 9.65. The van der Waals surface area contributed by atoms with Crippen molar-refractivity contribution in [3.8, 4) is 0 Å². The van der Waals surface area contributed by atoms with Gasteiger partial charge in [-0.3, -0.25) is 14.4 Å². The predicted molar refractivity (Wildman–Crippen MR) is 112 cm³/mol. The number of imide groups is 1. The number of benzene rings is 2. The summed E-state index contributed by atoms with van der Waals surface area (Å²) in [6.45, 7) is 1.98. The van der Waals surface area contributed by atoms with Crippen LogP contribution < -0.4 is 4.90 Å². The van der Waals surface area contributed by atoms with Crippen LogP contribution in [-0.4, -0.2) is 55.7 Å². The van der Waals surface area contributed by atoms with E-state index in [1.165, 1.54) is 19.1 Å². The normalized spacial score (nSPS) is 16.4. The Kier molecular flexibility index (Phi) is 6.97. The molecule has 1 aliphatic heterocycles. The highest BCUT2D eigenvalue weighted by Gasteiger charge is 2.44. The fraction of sp³-hybridized carbons (Fsp3) is 0.348. The standard InChI is InChI=1S/C23H26N2O5/c1-16-9-11-18(12-10-16)25-21(27)14-19(23(25)28)24(15-22(29-2)30-3)20(26)13-17-7-5-4-6-8-17/h4-12,19,22H,13-15H2,1-3H3. The largest absolute Gasteiger partial charge is 0.354 e. The van der Waals surface area contributed by atoms with Crippen molar-refractivity contribution in [1.29, 1.82) is 0 Å². The van der Waals surface area contributed by atoms with Gasteiger partial charge in [0.05, 0.1) is 25.1 Å². The third-order valence-electron chi connectivity index (χ3n) is 5.18. The molecule has 2 aromatic carbocycles. The molecule has 30 heavy (non-hydrogen) atoms. The zero-order valence-electron chi connectivity index (χ0n) is 17.4. The Labute approximate surface area is 176 Å². The molecule has 1 fully saturated rings. The molecule has 1 heterocycles. The second-order valence-corrected chi connectivity index (χ2v) is 7.23. The topological polar surface area (TPSA) is 76.2 Å². The van der Waals surface area contributed by atoms with Crippen molar-refractivity contribution >= 4 is 23.4 Å². The molecule has 0 spiro atoms. The first-order valence-electron chi connectivity index (χ1n) is 9.77. The Morgan fingerprint density at radius 1 is 1.07 bits per heavy atom. The molecule has 0 N–H and O–H groups in total. The SMILES string of the molecule is COC(CN(C(=O)Cc1ccccc1)C1CC(=O)N(c2ccc(C)cc2)C1=O)OC. The molecule has 1 saturated heterocycles. The number of rotatable bonds is 8. The van der Waals surface area contributed by atoms with E-state index >= 15 is 0 Å². The monoisotopic (exact) mass is 410 g/mol. The molecule has 0 aliphatic carbocycles. The van der Waals surface area contributed by atoms with Gasteiger partial charge in [0.15, 0.2) is 6.29 Å². The molecule has 0 saturated carbocycles. The van der Waals surface area contributed by atoms with Gasteiger partial charge in [0.1, 0.15) is 6.04 Å². The van der Waals surface area contributed by atoms with E-state index in [9.17, 15) is 14.4 Å². The molecular formula is C23H26N2O5. The number of carbonyl (C=O) groups excluding carboxylic acids is 3. The molecule has 0 bridgehead atoms. The van der Waals surface area contributed by atoms with Crippen LogP contribution in [0.2, 0.25) is 0 Å². The van der Waals surface area contributed by atoms with E-state index in [-0.39, 0.29) is 31.2 Å². The lowest BCUT2D eigenvalue weighted by Gasteiger charge is -2.30. The van der Waals surface area contributed by atoms with Crippen molar-refractivity contribution in [2.75, 3.05) is 25.7 Å². The zero-order chi connectivity index (χ0) is 21.7. The van der Waals surface area contributed by atoms with E-state index in [0.717, 1.165) is 16.0 Å². The van der Waals surface area contributed by atoms with Gasteiger partial charge >= 0.3 is 0 Å². The molecular weight excluding hydrogens is 384 g/mol. The number of anilines is 1. The number of methoxy groups -OCH3 is 2. The minimum Gasteiger partial charge on any atom is -0.354 e. The number of carbonyl (C=O) groups is 3. The van der Waals surface area contributed by atoms with Crippen LogP contribution in [0, 0.1) is 6.92 Å². The number of hydrogen-bond donors (Lipinski definition) is 0. The van der Waals surface area contributed by atoms with Crippen LogP contribution in [0.5, 0.6) is 0 Å². The van der Waals surface area contributed by atoms with E-state index in [0.29, 0.717) is 5.69 Å². The highest BCUT2D eigenvalue weighted by molar-refractivity contribution is 6.23. The summed E-state index contributed by atoms with van der Waals surface area (Å²) < 4.78 is 10.5. The molecule has 1 unspecified atom stereocenters. The van der Waals surface area contributed by atoms with Gasteiger partial charge in [0.2, 0.25) is 11.8 Å². The van der Waals surface area contributed by atoms with E-state index < -0.39 is 18.2 Å². The Morgan fingerprint density at radius 3 is 2.30 bits per heavy atom. The lowest BCUT2D eigenvalue weighted by Crippen LogP contribution is -2.49. The molecule has 3 rings (SSSR count). The Hall–Kier alpha value is -3.03. The summed E-state index contributed by atoms with van der Waals surface area (Å²) in [7, 11) is 2.93. The summed E-state index contributed by atoms with van der Waals surface area (Å²) >= 11 is 0. The highest BCUT2D eigenvalue weighted by atomic mass is 16.7. The lowest BCUT2D eigenvalue weighted by atomic mass is 10.1. The molecule has 3 amide bonds. The number of ether oxygens (including phenoxy) is 2. The van der Waals surface area contributed by atoms with Crippen LogP contribution in [0.3, 0.4) is 0 Å². The second-order valence-electron chi connectivity index (χ2n) is 7.23. The van der Waals surface area contributed by atoms with Gasteiger partial charge in [-0.1, -0.05) is 48.0 Å². The summed E-state index contributed by atoms with van der Waals surface area (Å²) in [5.41, 5.74) is 2.35. The van der Waals surface area contributed by atoms with Gasteiger partial charge < -0.3 is 14.4 Å². The van der Waals surface area contributed by atoms with Gasteiger partial charge in [-0.25, -0.2) is 4.90 Å². The predicted octanol–water partition coefficient (Wildman–Crippen LogP) is 2.32. The summed E-state index contributed by atoms with van der Waals surface area (Å²) in [4.78, 5) is 41.6. The quantitative estimate of drug-likeness (QED) is 0.493. The Bertz CT molecular complexity index is 894. The summed E-state index contributed by atoms with van der Waals surface area (Å²) in [6, 6.07) is 15.5. The summed E-state index contributed by atoms with van der Waals surface area (Å²) in [6.07, 6.45) is -0.669. The molecule has 0 radical (unpaired) electrons. The first-order chi connectivity index (χ1) is 14.4. The molecule has 1 aliphatic rings. The third kappa shape index (κ3) is 4.75. The van der Waals surface area contributed by atoms with Crippen LogP contribution in [0.25, 0.3) is 0 Å². The molecule has 0 aromatic heterocycles. The maximum atomic E-state index is 13.2. The van der Waals surface area contributed by atoms with E-state index in [4.69, 9.17) is 9.47 Å². The van der Waals surface area contributed by atoms with Crippen molar-refractivity contribution in [2.45, 2.75) is 32.1 Å². The van der Waals surface area contributed by atoms with Gasteiger partial charge in [-0.2, -0.15) is 0 Å². The average Bonchev–Trinajstić information content (AvgIpc) is 3.04. The fourth-order valence-electron chi connectivity index (χ4n) is 3.51. The number of nitrogens with zero attached hydrogens (tertiary/aromatic N) is 2. The number of amides is 3. The van der Waals surface area contributed by atoms with Crippen molar-refractivity contribution in [3.05, 3.63) is 65.7 Å². The Balaban J connectivity index is 1.86. The number of hydrogen-bond acceptors (Lipinski definition) is 5. The van der Waals surface area contributed by atoms with Crippen molar-refractivity contribution in [3.63, 3.8) is 0 Å². The van der Waals surface area contributed by atoms with Gasteiger partial charge in [-0.05, 0) is 24.6 Å². The van der Waals surface area contributed by atoms with Gasteiger partial charge in [0.25, 0.3) is 5.91 Å². The fourth-order valence-corrected chi connectivity index (χ4v) is 3.51. The summed E-state index contributed by atoms with van der Waals surface area (Å²) in [5.74, 6) is -1.02. The minimum atomic E-state index is -0.900. The van der Waals surface area contributed by atoms with Crippen LogP contribution in [-0.2, 0) is 30.3 Å². The number of aryl methyl sites for hydroxylation is 1. The van der Waals surface area contributed by atoms with Gasteiger partial charge in [0, 0.05) is 14.2 Å². The zero-order valence-corrected chi connectivity index (χ0v) is 17.4. The van der Waals surface area contributed by atoms with Crippen LogP contribution in [0.1, 0.15) is 17.5 Å². The molecule has 7 nitrogen and oxygen atoms in total. The average molecular weight is 410 g/mol. The maximum absolute atomic E-state index is 13.2. The van der Waals surface area contributed by atoms with Crippen molar-refractivity contribution in [1.82, 2.24) is 4.90 Å². The molecule has 2 aromatic rings. The Morgan fingerprint density at radius 2 is 1.70 bits per heavy atom. The van der Waals surface area contributed by atoms with E-state index in [2.05, 4.69) is 0 Å². The summed E-state index contributed by atoms with van der Waals surface area (Å²) in [5, 5.41) is 0. The maximum Gasteiger partial charge on any atom is 0.257 e. The first-order valence-corrected chi connectivity index (χ1v) is 9.77. The van der Waals surface area contributed by atoms with Crippen molar-refractivity contribution in [2.24, 2.45) is 0 Å². The molecule has 7 heteroatoms. The van der Waals surface area contributed by atoms with Crippen LogP contribution >= 0.6 is 0 Å². The smallest absolute Gasteiger partial charge is 0.257 e. The van der Waals surface area contributed by atoms with Crippen LogP contribution in [0.4, 0.5) is 5.69 Å². The highest BCUT2D eigenvalue weighted by Crippen LogP contribution is 2.27. The third-order valence-corrected chi connectivity index (χ3v) is 5.18.